The lowest BCUT2D eigenvalue weighted by Crippen LogP contribution is -2.47. The third-order valence-corrected chi connectivity index (χ3v) is 5.08. The molecule has 0 saturated carbocycles. The van der Waals surface area contributed by atoms with Gasteiger partial charge in [0.15, 0.2) is 5.65 Å². The van der Waals surface area contributed by atoms with E-state index in [0.717, 1.165) is 66.8 Å². The summed E-state index contributed by atoms with van der Waals surface area (Å²) in [4.78, 5) is 23.0. The van der Waals surface area contributed by atoms with Crippen LogP contribution in [0.15, 0.2) is 18.6 Å². The van der Waals surface area contributed by atoms with E-state index in [9.17, 15) is 0 Å². The van der Waals surface area contributed by atoms with Crippen LogP contribution in [0.3, 0.4) is 0 Å². The second kappa shape index (κ2) is 7.09. The van der Waals surface area contributed by atoms with Crippen molar-refractivity contribution in [3.8, 4) is 0 Å². The van der Waals surface area contributed by atoms with E-state index in [1.54, 1.807) is 6.33 Å². The first-order valence-electron chi connectivity index (χ1n) is 9.57. The van der Waals surface area contributed by atoms with Crippen LogP contribution in [0.4, 0.5) is 11.6 Å². The number of fused-ring (bicyclic) bond motifs is 1. The smallest absolute Gasteiger partial charge is 0.163 e. The van der Waals surface area contributed by atoms with Gasteiger partial charge in [-0.2, -0.15) is 5.10 Å². The van der Waals surface area contributed by atoms with Crippen molar-refractivity contribution < 1.29 is 0 Å². The average Bonchev–Trinajstić information content (AvgIpc) is 3.08. The van der Waals surface area contributed by atoms with Gasteiger partial charge >= 0.3 is 0 Å². The van der Waals surface area contributed by atoms with Crippen molar-refractivity contribution in [1.82, 2.24) is 29.7 Å². The minimum atomic E-state index is 0.276. The Kier molecular flexibility index (Phi) is 4.63. The third kappa shape index (κ3) is 3.31. The topological polar surface area (TPSA) is 75.9 Å². The highest BCUT2D eigenvalue weighted by Crippen LogP contribution is 2.27. The molecule has 27 heavy (non-hydrogen) atoms. The van der Waals surface area contributed by atoms with Crippen molar-refractivity contribution >= 4 is 22.7 Å². The molecule has 0 radical (unpaired) electrons. The van der Waals surface area contributed by atoms with Crippen molar-refractivity contribution in [3.05, 3.63) is 30.1 Å². The van der Waals surface area contributed by atoms with Gasteiger partial charge in [-0.05, 0) is 6.42 Å². The number of aryl methyl sites for hydroxylation is 2. The molecule has 8 heteroatoms. The number of nitrogens with zero attached hydrogens (tertiary/aromatic N) is 8. The van der Waals surface area contributed by atoms with Crippen molar-refractivity contribution in [2.45, 2.75) is 33.1 Å². The van der Waals surface area contributed by atoms with Gasteiger partial charge in [-0.25, -0.2) is 19.9 Å². The zero-order valence-electron chi connectivity index (χ0n) is 16.4. The van der Waals surface area contributed by atoms with Crippen molar-refractivity contribution in [2.24, 2.45) is 7.05 Å². The summed E-state index contributed by atoms with van der Waals surface area (Å²) in [6.07, 6.45) is 4.46. The Balaban J connectivity index is 1.59. The van der Waals surface area contributed by atoms with E-state index in [2.05, 4.69) is 51.7 Å². The van der Waals surface area contributed by atoms with Crippen LogP contribution >= 0.6 is 0 Å². The molecule has 8 nitrogen and oxygen atoms in total. The second-order valence-corrected chi connectivity index (χ2v) is 7.26. The van der Waals surface area contributed by atoms with E-state index in [0.29, 0.717) is 0 Å². The van der Waals surface area contributed by atoms with Gasteiger partial charge < -0.3 is 9.80 Å². The van der Waals surface area contributed by atoms with E-state index < -0.39 is 0 Å². The van der Waals surface area contributed by atoms with E-state index in [1.807, 2.05) is 17.9 Å². The molecule has 0 amide bonds. The maximum Gasteiger partial charge on any atom is 0.163 e. The van der Waals surface area contributed by atoms with Crippen LogP contribution in [0.25, 0.3) is 11.0 Å². The largest absolute Gasteiger partial charge is 0.353 e. The molecule has 0 aliphatic carbocycles. The van der Waals surface area contributed by atoms with E-state index in [1.165, 1.54) is 0 Å². The van der Waals surface area contributed by atoms with Gasteiger partial charge in [0.05, 0.1) is 11.6 Å². The predicted molar refractivity (Wildman–Crippen MR) is 106 cm³/mol. The molecule has 142 valence electrons. The molecule has 4 heterocycles. The van der Waals surface area contributed by atoms with E-state index in [4.69, 9.17) is 9.97 Å². The second-order valence-electron chi connectivity index (χ2n) is 7.26. The van der Waals surface area contributed by atoms with Gasteiger partial charge in [0.2, 0.25) is 0 Å². The molecule has 0 aromatic carbocycles. The molecule has 4 rings (SSSR count). The summed E-state index contributed by atoms with van der Waals surface area (Å²) < 4.78 is 1.83. The fourth-order valence-corrected chi connectivity index (χ4v) is 3.42. The highest BCUT2D eigenvalue weighted by atomic mass is 15.3. The van der Waals surface area contributed by atoms with Crippen LogP contribution in [-0.4, -0.2) is 55.9 Å². The predicted octanol–water partition coefficient (Wildman–Crippen LogP) is 2.17. The first-order chi connectivity index (χ1) is 13.1. The average molecular weight is 366 g/mol. The minimum Gasteiger partial charge on any atom is -0.353 e. The van der Waals surface area contributed by atoms with E-state index in [-0.39, 0.29) is 5.92 Å². The van der Waals surface area contributed by atoms with Crippen molar-refractivity contribution in [1.29, 1.82) is 0 Å². The molecule has 1 aliphatic heterocycles. The van der Waals surface area contributed by atoms with Gasteiger partial charge in [0.1, 0.15) is 23.8 Å². The normalized spacial score (nSPS) is 15.1. The monoisotopic (exact) mass is 366 g/mol. The lowest BCUT2D eigenvalue weighted by molar-refractivity contribution is 0.637. The quantitative estimate of drug-likeness (QED) is 0.700. The first-order valence-corrected chi connectivity index (χ1v) is 9.57. The maximum atomic E-state index is 4.88. The lowest BCUT2D eigenvalue weighted by atomic mass is 10.2. The number of anilines is 2. The summed E-state index contributed by atoms with van der Waals surface area (Å²) in [5, 5.41) is 5.41. The first kappa shape index (κ1) is 17.6. The Labute approximate surface area is 159 Å². The van der Waals surface area contributed by atoms with Crippen molar-refractivity contribution in [3.63, 3.8) is 0 Å². The molecule has 0 spiro atoms. The van der Waals surface area contributed by atoms with Crippen LogP contribution < -0.4 is 9.80 Å². The third-order valence-electron chi connectivity index (χ3n) is 5.08. The van der Waals surface area contributed by atoms with Gasteiger partial charge in [0.25, 0.3) is 0 Å². The highest BCUT2D eigenvalue weighted by Gasteiger charge is 2.23. The lowest BCUT2D eigenvalue weighted by Gasteiger charge is -2.36. The SMILES string of the molecule is CCc1cc(N2CCN(c3nc(C(C)C)nc4c3cnn4C)CC2)ncn1. The Bertz CT molecular complexity index is 940. The van der Waals surface area contributed by atoms with Crippen LogP contribution in [0.1, 0.15) is 38.2 Å². The molecule has 0 unspecified atom stereocenters. The van der Waals surface area contributed by atoms with Gasteiger partial charge in [-0.15, -0.1) is 0 Å². The summed E-state index contributed by atoms with van der Waals surface area (Å²) >= 11 is 0. The van der Waals surface area contributed by atoms with Crippen LogP contribution in [0.5, 0.6) is 0 Å². The standard InChI is InChI=1S/C19H26N8/c1-5-14-10-16(21-12-20-14)26-6-8-27(9-7-26)19-15-11-22-25(4)18(15)23-17(24-19)13(2)3/h10-13H,5-9H2,1-4H3. The van der Waals surface area contributed by atoms with Crippen molar-refractivity contribution in [2.75, 3.05) is 36.0 Å². The highest BCUT2D eigenvalue weighted by molar-refractivity contribution is 5.87. The summed E-state index contributed by atoms with van der Waals surface area (Å²) in [6, 6.07) is 2.09. The Morgan fingerprint density at radius 3 is 2.48 bits per heavy atom. The number of hydrogen-bond donors (Lipinski definition) is 0. The number of piperazine rings is 1. The van der Waals surface area contributed by atoms with Gasteiger partial charge in [0, 0.05) is 50.9 Å². The molecule has 0 bridgehead atoms. The van der Waals surface area contributed by atoms with Gasteiger partial charge in [-0.3, -0.25) is 4.68 Å². The Morgan fingerprint density at radius 2 is 1.78 bits per heavy atom. The zero-order chi connectivity index (χ0) is 19.0. The summed E-state index contributed by atoms with van der Waals surface area (Å²) in [5.41, 5.74) is 1.98. The molecular formula is C19H26N8. The summed E-state index contributed by atoms with van der Waals surface area (Å²) in [7, 11) is 1.93. The van der Waals surface area contributed by atoms with E-state index >= 15 is 0 Å². The molecule has 0 N–H and O–H groups in total. The van der Waals surface area contributed by atoms with Gasteiger partial charge in [-0.1, -0.05) is 20.8 Å². The van der Waals surface area contributed by atoms with Crippen LogP contribution in [0, 0.1) is 0 Å². The van der Waals surface area contributed by atoms with Crippen LogP contribution in [-0.2, 0) is 13.5 Å². The molecule has 3 aromatic rings. The molecule has 1 aliphatic rings. The Hall–Kier alpha value is -2.77. The number of hydrogen-bond acceptors (Lipinski definition) is 7. The number of rotatable bonds is 4. The Morgan fingerprint density at radius 1 is 1.04 bits per heavy atom. The zero-order valence-corrected chi connectivity index (χ0v) is 16.4. The molecular weight excluding hydrogens is 340 g/mol. The summed E-state index contributed by atoms with van der Waals surface area (Å²) in [5.74, 6) is 3.15. The molecule has 0 atom stereocenters. The molecule has 3 aromatic heterocycles. The summed E-state index contributed by atoms with van der Waals surface area (Å²) in [6.45, 7) is 9.96. The minimum absolute atomic E-state index is 0.276. The maximum absolute atomic E-state index is 4.88. The molecule has 1 fully saturated rings. The fourth-order valence-electron chi connectivity index (χ4n) is 3.42. The fraction of sp³-hybridized carbons (Fsp3) is 0.526. The molecule has 1 saturated heterocycles. The number of aromatic nitrogens is 6. The van der Waals surface area contributed by atoms with Crippen LogP contribution in [0.2, 0.25) is 0 Å².